The minimum atomic E-state index is 0.444. The molecular formula is C13H20BrN. The molecule has 84 valence electrons. The van der Waals surface area contributed by atoms with Gasteiger partial charge in [0, 0.05) is 10.5 Å². The summed E-state index contributed by atoms with van der Waals surface area (Å²) in [6.45, 7) is 5.56. The van der Waals surface area contributed by atoms with Crippen molar-refractivity contribution in [2.45, 2.75) is 39.2 Å². The summed E-state index contributed by atoms with van der Waals surface area (Å²) in [5.74, 6) is 0. The predicted molar refractivity (Wildman–Crippen MR) is 70.1 cm³/mol. The first-order valence-electron chi connectivity index (χ1n) is 5.73. The average molecular weight is 270 g/mol. The number of halogens is 1. The molecule has 0 bridgehead atoms. The molecular weight excluding hydrogens is 250 g/mol. The molecule has 1 aromatic carbocycles. The minimum Gasteiger partial charge on any atom is -0.310 e. The summed E-state index contributed by atoms with van der Waals surface area (Å²) in [6, 6.07) is 8.94. The Balaban J connectivity index is 2.36. The summed E-state index contributed by atoms with van der Waals surface area (Å²) in [4.78, 5) is 0. The van der Waals surface area contributed by atoms with Crippen molar-refractivity contribution in [1.29, 1.82) is 0 Å². The third kappa shape index (κ3) is 4.80. The summed E-state index contributed by atoms with van der Waals surface area (Å²) in [5, 5.41) is 3.54. The molecule has 1 aromatic rings. The summed E-state index contributed by atoms with van der Waals surface area (Å²) < 4.78 is 1.15. The Bertz CT molecular complexity index is 286. The monoisotopic (exact) mass is 269 g/mol. The highest BCUT2D eigenvalue weighted by molar-refractivity contribution is 9.10. The van der Waals surface area contributed by atoms with Gasteiger partial charge in [0.05, 0.1) is 0 Å². The van der Waals surface area contributed by atoms with Gasteiger partial charge in [0.15, 0.2) is 0 Å². The fourth-order valence-corrected chi connectivity index (χ4v) is 2.00. The fourth-order valence-electron chi connectivity index (χ4n) is 1.59. The van der Waals surface area contributed by atoms with Crippen LogP contribution in [-0.4, -0.2) is 6.54 Å². The zero-order chi connectivity index (χ0) is 11.1. The zero-order valence-electron chi connectivity index (χ0n) is 9.59. The van der Waals surface area contributed by atoms with E-state index in [9.17, 15) is 0 Å². The molecule has 0 aliphatic carbocycles. The Morgan fingerprint density at radius 1 is 1.33 bits per heavy atom. The average Bonchev–Trinajstić information content (AvgIpc) is 2.24. The maximum Gasteiger partial charge on any atom is 0.0292 e. The van der Waals surface area contributed by atoms with Crippen molar-refractivity contribution >= 4 is 15.9 Å². The molecule has 0 fully saturated rings. The molecule has 0 aromatic heterocycles. The molecule has 0 amide bonds. The number of unbranched alkanes of at least 4 members (excludes halogenated alkanes) is 2. The Kier molecular flexibility index (Phi) is 5.96. The highest BCUT2D eigenvalue weighted by Crippen LogP contribution is 2.17. The van der Waals surface area contributed by atoms with Gasteiger partial charge < -0.3 is 5.32 Å². The molecule has 0 saturated heterocycles. The normalized spacial score (nSPS) is 12.7. The molecule has 1 nitrogen and oxygen atoms in total. The number of rotatable bonds is 6. The molecule has 15 heavy (non-hydrogen) atoms. The second-order valence-corrected chi connectivity index (χ2v) is 4.85. The van der Waals surface area contributed by atoms with Gasteiger partial charge in [-0.25, -0.2) is 0 Å². The second kappa shape index (κ2) is 7.02. The minimum absolute atomic E-state index is 0.444. The van der Waals surface area contributed by atoms with Crippen molar-refractivity contribution in [3.63, 3.8) is 0 Å². The van der Waals surface area contributed by atoms with Crippen LogP contribution in [0.2, 0.25) is 0 Å². The number of nitrogens with one attached hydrogen (secondary N) is 1. The van der Waals surface area contributed by atoms with Gasteiger partial charge in [0.25, 0.3) is 0 Å². The lowest BCUT2D eigenvalue weighted by Crippen LogP contribution is -2.19. The van der Waals surface area contributed by atoms with Crippen LogP contribution in [0.1, 0.15) is 44.7 Å². The van der Waals surface area contributed by atoms with E-state index in [2.05, 4.69) is 59.4 Å². The number of benzene rings is 1. The molecule has 1 atom stereocenters. The van der Waals surface area contributed by atoms with E-state index in [1.165, 1.54) is 24.8 Å². The van der Waals surface area contributed by atoms with Gasteiger partial charge in [-0.15, -0.1) is 0 Å². The lowest BCUT2D eigenvalue weighted by atomic mass is 10.1. The highest BCUT2D eigenvalue weighted by atomic mass is 79.9. The molecule has 0 unspecified atom stereocenters. The standard InChI is InChI=1S/C13H20BrN/c1-3-4-5-9-15-11(2)12-7-6-8-13(14)10-12/h6-8,10-11,15H,3-5,9H2,1-2H3/t11-/m0/s1. The quantitative estimate of drug-likeness (QED) is 0.760. The molecule has 0 heterocycles. The summed E-state index contributed by atoms with van der Waals surface area (Å²) in [7, 11) is 0. The summed E-state index contributed by atoms with van der Waals surface area (Å²) in [6.07, 6.45) is 3.87. The summed E-state index contributed by atoms with van der Waals surface area (Å²) >= 11 is 3.50. The van der Waals surface area contributed by atoms with Crippen molar-refractivity contribution in [1.82, 2.24) is 5.32 Å². The van der Waals surface area contributed by atoms with E-state index in [1.807, 2.05) is 0 Å². The maximum atomic E-state index is 3.54. The Morgan fingerprint density at radius 2 is 2.13 bits per heavy atom. The van der Waals surface area contributed by atoms with Crippen molar-refractivity contribution in [3.8, 4) is 0 Å². The van der Waals surface area contributed by atoms with E-state index in [0.29, 0.717) is 6.04 Å². The van der Waals surface area contributed by atoms with Crippen LogP contribution in [0.4, 0.5) is 0 Å². The molecule has 0 radical (unpaired) electrons. The first-order valence-corrected chi connectivity index (χ1v) is 6.52. The van der Waals surface area contributed by atoms with Crippen molar-refractivity contribution in [2.75, 3.05) is 6.54 Å². The molecule has 1 N–H and O–H groups in total. The molecule has 1 rings (SSSR count). The smallest absolute Gasteiger partial charge is 0.0292 e. The molecule has 0 spiro atoms. The van der Waals surface area contributed by atoms with Crippen LogP contribution < -0.4 is 5.32 Å². The molecule has 0 aliphatic heterocycles. The van der Waals surface area contributed by atoms with Gasteiger partial charge in [0.1, 0.15) is 0 Å². The van der Waals surface area contributed by atoms with E-state index in [-0.39, 0.29) is 0 Å². The largest absolute Gasteiger partial charge is 0.310 e. The third-order valence-electron chi connectivity index (χ3n) is 2.58. The lowest BCUT2D eigenvalue weighted by Gasteiger charge is -2.14. The fraction of sp³-hybridized carbons (Fsp3) is 0.538. The second-order valence-electron chi connectivity index (χ2n) is 3.94. The molecule has 0 aliphatic rings. The van der Waals surface area contributed by atoms with Gasteiger partial charge in [0.2, 0.25) is 0 Å². The maximum absolute atomic E-state index is 3.54. The lowest BCUT2D eigenvalue weighted by molar-refractivity contribution is 0.544. The highest BCUT2D eigenvalue weighted by Gasteiger charge is 2.03. The van der Waals surface area contributed by atoms with Gasteiger partial charge in [-0.3, -0.25) is 0 Å². The van der Waals surface area contributed by atoms with Gasteiger partial charge >= 0.3 is 0 Å². The number of hydrogen-bond donors (Lipinski definition) is 1. The predicted octanol–water partition coefficient (Wildman–Crippen LogP) is 4.29. The van der Waals surface area contributed by atoms with Crippen molar-refractivity contribution in [3.05, 3.63) is 34.3 Å². The zero-order valence-corrected chi connectivity index (χ0v) is 11.2. The van der Waals surface area contributed by atoms with E-state index >= 15 is 0 Å². The Morgan fingerprint density at radius 3 is 2.80 bits per heavy atom. The molecule has 0 saturated carbocycles. The van der Waals surface area contributed by atoms with Gasteiger partial charge in [-0.2, -0.15) is 0 Å². The SMILES string of the molecule is CCCCCN[C@@H](C)c1cccc(Br)c1. The van der Waals surface area contributed by atoms with Crippen molar-refractivity contribution < 1.29 is 0 Å². The van der Waals surface area contributed by atoms with Gasteiger partial charge in [-0.1, -0.05) is 47.8 Å². The Labute approximate surface area is 101 Å². The van der Waals surface area contributed by atoms with Crippen LogP contribution in [0.5, 0.6) is 0 Å². The third-order valence-corrected chi connectivity index (χ3v) is 3.07. The van der Waals surface area contributed by atoms with Crippen LogP contribution in [0.25, 0.3) is 0 Å². The van der Waals surface area contributed by atoms with E-state index < -0.39 is 0 Å². The van der Waals surface area contributed by atoms with Crippen molar-refractivity contribution in [2.24, 2.45) is 0 Å². The van der Waals surface area contributed by atoms with Crippen LogP contribution in [0.3, 0.4) is 0 Å². The van der Waals surface area contributed by atoms with Crippen LogP contribution in [-0.2, 0) is 0 Å². The first-order chi connectivity index (χ1) is 7.24. The first kappa shape index (κ1) is 12.7. The Hall–Kier alpha value is -0.340. The van der Waals surface area contributed by atoms with E-state index in [0.717, 1.165) is 11.0 Å². The topological polar surface area (TPSA) is 12.0 Å². The van der Waals surface area contributed by atoms with E-state index in [1.54, 1.807) is 0 Å². The van der Waals surface area contributed by atoms with Crippen LogP contribution in [0, 0.1) is 0 Å². The van der Waals surface area contributed by atoms with Crippen LogP contribution in [0.15, 0.2) is 28.7 Å². The molecule has 2 heteroatoms. The van der Waals surface area contributed by atoms with Gasteiger partial charge in [-0.05, 0) is 37.6 Å². The van der Waals surface area contributed by atoms with E-state index in [4.69, 9.17) is 0 Å². The summed E-state index contributed by atoms with van der Waals surface area (Å²) in [5.41, 5.74) is 1.35. The number of hydrogen-bond acceptors (Lipinski definition) is 1. The van der Waals surface area contributed by atoms with Crippen LogP contribution >= 0.6 is 15.9 Å².